The number of nitrogens with one attached hydrogen (secondary N) is 2. The van der Waals surface area contributed by atoms with Crippen LogP contribution in [0.3, 0.4) is 0 Å². The van der Waals surface area contributed by atoms with Crippen LogP contribution in [0.15, 0.2) is 24.3 Å². The molecule has 0 bridgehead atoms. The number of aromatic nitrogens is 2. The molecule has 1 atom stereocenters. The van der Waals surface area contributed by atoms with E-state index in [0.717, 1.165) is 6.07 Å². The van der Waals surface area contributed by atoms with Gasteiger partial charge in [-0.25, -0.2) is 9.37 Å². The highest BCUT2D eigenvalue weighted by molar-refractivity contribution is 5.59. The fraction of sp³-hybridized carbons (Fsp3) is 0.333. The van der Waals surface area contributed by atoms with Crippen molar-refractivity contribution in [2.45, 2.75) is 19.1 Å². The zero-order valence-electron chi connectivity index (χ0n) is 13.4. The summed E-state index contributed by atoms with van der Waals surface area (Å²) in [5.74, 6) is -1.17. The molecule has 10 heteroatoms. The van der Waals surface area contributed by atoms with Crippen LogP contribution in [0.5, 0.6) is 5.75 Å². The van der Waals surface area contributed by atoms with Crippen molar-refractivity contribution in [2.24, 2.45) is 0 Å². The summed E-state index contributed by atoms with van der Waals surface area (Å²) < 4.78 is 57.5. The number of anilines is 3. The molecule has 1 aromatic heterocycles. The van der Waals surface area contributed by atoms with Crippen molar-refractivity contribution in [2.75, 3.05) is 24.4 Å². The minimum absolute atomic E-state index is 0.00310. The second-order valence-corrected chi connectivity index (χ2v) is 5.16. The van der Waals surface area contributed by atoms with Gasteiger partial charge in [-0.3, -0.25) is 0 Å². The van der Waals surface area contributed by atoms with Gasteiger partial charge in [0, 0.05) is 23.9 Å². The zero-order valence-corrected chi connectivity index (χ0v) is 13.4. The van der Waals surface area contributed by atoms with Crippen LogP contribution in [-0.2, 0) is 6.18 Å². The summed E-state index contributed by atoms with van der Waals surface area (Å²) in [6.07, 6.45) is -4.69. The predicted octanol–water partition coefficient (Wildman–Crippen LogP) is 3.18. The highest BCUT2D eigenvalue weighted by Crippen LogP contribution is 2.31. The van der Waals surface area contributed by atoms with E-state index in [1.165, 1.54) is 19.2 Å². The maximum absolute atomic E-state index is 13.7. The van der Waals surface area contributed by atoms with E-state index in [9.17, 15) is 17.6 Å². The van der Waals surface area contributed by atoms with Gasteiger partial charge in [0.15, 0.2) is 17.3 Å². The molecule has 2 rings (SSSR count). The molecular formula is C15H16F4N4O2. The summed E-state index contributed by atoms with van der Waals surface area (Å²) in [5.41, 5.74) is -0.988. The lowest BCUT2D eigenvalue weighted by Gasteiger charge is -2.15. The number of hydrogen-bond donors (Lipinski definition) is 3. The molecule has 6 nitrogen and oxygen atoms in total. The van der Waals surface area contributed by atoms with Gasteiger partial charge in [-0.1, -0.05) is 0 Å². The SMILES string of the molecule is COc1ccc(Nc2cc(C(F)(F)F)nc(N[C@@H](C)CO)n2)cc1F. The Morgan fingerprint density at radius 1 is 1.24 bits per heavy atom. The first-order valence-corrected chi connectivity index (χ1v) is 7.17. The van der Waals surface area contributed by atoms with Gasteiger partial charge in [0.1, 0.15) is 5.82 Å². The molecule has 0 amide bonds. The number of nitrogens with zero attached hydrogens (tertiary/aromatic N) is 2. The lowest BCUT2D eigenvalue weighted by atomic mass is 10.3. The maximum atomic E-state index is 13.7. The quantitative estimate of drug-likeness (QED) is 0.687. The molecule has 1 heterocycles. The Hall–Kier alpha value is -2.62. The van der Waals surface area contributed by atoms with Crippen LogP contribution in [0.2, 0.25) is 0 Å². The molecule has 3 N–H and O–H groups in total. The van der Waals surface area contributed by atoms with Gasteiger partial charge in [-0.2, -0.15) is 18.2 Å². The summed E-state index contributed by atoms with van der Waals surface area (Å²) in [7, 11) is 1.30. The Bertz CT molecular complexity index is 740. The van der Waals surface area contributed by atoms with E-state index in [-0.39, 0.29) is 29.8 Å². The smallest absolute Gasteiger partial charge is 0.433 e. The molecule has 136 valence electrons. The van der Waals surface area contributed by atoms with Crippen LogP contribution in [0.1, 0.15) is 12.6 Å². The van der Waals surface area contributed by atoms with E-state index in [0.29, 0.717) is 6.07 Å². The zero-order chi connectivity index (χ0) is 18.6. The van der Waals surface area contributed by atoms with Gasteiger partial charge < -0.3 is 20.5 Å². The number of halogens is 4. The Balaban J connectivity index is 2.35. The van der Waals surface area contributed by atoms with Gasteiger partial charge in [0.05, 0.1) is 13.7 Å². The van der Waals surface area contributed by atoms with Crippen molar-refractivity contribution in [1.82, 2.24) is 9.97 Å². The summed E-state index contributed by atoms with van der Waals surface area (Å²) in [6.45, 7) is 1.24. The number of ether oxygens (including phenoxy) is 1. The Morgan fingerprint density at radius 2 is 1.96 bits per heavy atom. The van der Waals surface area contributed by atoms with E-state index in [1.54, 1.807) is 6.92 Å². The van der Waals surface area contributed by atoms with Crippen LogP contribution >= 0.6 is 0 Å². The van der Waals surface area contributed by atoms with E-state index in [1.807, 2.05) is 0 Å². The first kappa shape index (κ1) is 18.7. The molecular weight excluding hydrogens is 344 g/mol. The fourth-order valence-electron chi connectivity index (χ4n) is 1.88. The summed E-state index contributed by atoms with van der Waals surface area (Å²) >= 11 is 0. The first-order chi connectivity index (χ1) is 11.7. The molecule has 1 aromatic carbocycles. The number of methoxy groups -OCH3 is 1. The number of rotatable bonds is 6. The van der Waals surface area contributed by atoms with Crippen LogP contribution in [0.25, 0.3) is 0 Å². The Labute approximate surface area is 140 Å². The van der Waals surface area contributed by atoms with Crippen molar-refractivity contribution in [3.05, 3.63) is 35.8 Å². The predicted molar refractivity (Wildman–Crippen MR) is 83.4 cm³/mol. The number of aliphatic hydroxyl groups is 1. The molecule has 25 heavy (non-hydrogen) atoms. The van der Waals surface area contributed by atoms with Crippen molar-refractivity contribution >= 4 is 17.5 Å². The third kappa shape index (κ3) is 4.92. The average Bonchev–Trinajstić information content (AvgIpc) is 2.54. The second-order valence-electron chi connectivity index (χ2n) is 5.16. The highest BCUT2D eigenvalue weighted by atomic mass is 19.4. The van der Waals surface area contributed by atoms with E-state index >= 15 is 0 Å². The normalized spacial score (nSPS) is 12.6. The largest absolute Gasteiger partial charge is 0.494 e. The molecule has 0 aliphatic heterocycles. The molecule has 0 spiro atoms. The number of aliphatic hydroxyl groups excluding tert-OH is 1. The monoisotopic (exact) mass is 360 g/mol. The van der Waals surface area contributed by atoms with E-state index in [4.69, 9.17) is 9.84 Å². The van der Waals surface area contributed by atoms with Crippen LogP contribution < -0.4 is 15.4 Å². The van der Waals surface area contributed by atoms with Gasteiger partial charge in [-0.15, -0.1) is 0 Å². The first-order valence-electron chi connectivity index (χ1n) is 7.17. The lowest BCUT2D eigenvalue weighted by molar-refractivity contribution is -0.141. The number of alkyl halides is 3. The topological polar surface area (TPSA) is 79.3 Å². The van der Waals surface area contributed by atoms with Crippen molar-refractivity contribution in [3.63, 3.8) is 0 Å². The summed E-state index contributed by atoms with van der Waals surface area (Å²) in [5, 5.41) is 14.1. The van der Waals surface area contributed by atoms with Crippen LogP contribution in [-0.4, -0.2) is 34.8 Å². The number of hydrogen-bond acceptors (Lipinski definition) is 6. The number of benzene rings is 1. The molecule has 2 aromatic rings. The third-order valence-electron chi connectivity index (χ3n) is 3.09. The van der Waals surface area contributed by atoms with Crippen LogP contribution in [0.4, 0.5) is 35.0 Å². The van der Waals surface area contributed by atoms with Gasteiger partial charge in [0.25, 0.3) is 0 Å². The molecule has 0 aliphatic carbocycles. The van der Waals surface area contributed by atoms with Gasteiger partial charge >= 0.3 is 6.18 Å². The maximum Gasteiger partial charge on any atom is 0.433 e. The lowest BCUT2D eigenvalue weighted by Crippen LogP contribution is -2.22. The van der Waals surface area contributed by atoms with E-state index in [2.05, 4.69) is 20.6 Å². The highest BCUT2D eigenvalue weighted by Gasteiger charge is 2.34. The fourth-order valence-corrected chi connectivity index (χ4v) is 1.88. The molecule has 0 saturated carbocycles. The summed E-state index contributed by atoms with van der Waals surface area (Å²) in [6, 6.07) is 3.99. The molecule has 0 saturated heterocycles. The standard InChI is InChI=1S/C15H16F4N4O2/c1-8(7-24)20-14-22-12(15(17,18)19)6-13(23-14)21-9-3-4-11(25-2)10(16)5-9/h3-6,8,24H,7H2,1-2H3,(H2,20,21,22,23)/t8-/m0/s1. The molecule has 0 aliphatic rings. The Kier molecular flexibility index (Phi) is 5.62. The minimum atomic E-state index is -4.69. The van der Waals surface area contributed by atoms with Crippen molar-refractivity contribution < 1.29 is 27.4 Å². The molecule has 0 radical (unpaired) electrons. The van der Waals surface area contributed by atoms with E-state index < -0.39 is 23.7 Å². The van der Waals surface area contributed by atoms with Gasteiger partial charge in [-0.05, 0) is 19.1 Å². The molecule has 0 unspecified atom stereocenters. The van der Waals surface area contributed by atoms with Gasteiger partial charge in [0.2, 0.25) is 5.95 Å². The average molecular weight is 360 g/mol. The minimum Gasteiger partial charge on any atom is -0.494 e. The molecule has 0 fully saturated rings. The summed E-state index contributed by atoms with van der Waals surface area (Å²) in [4.78, 5) is 7.29. The van der Waals surface area contributed by atoms with Crippen molar-refractivity contribution in [1.29, 1.82) is 0 Å². The van der Waals surface area contributed by atoms with Crippen LogP contribution in [0, 0.1) is 5.82 Å². The third-order valence-corrected chi connectivity index (χ3v) is 3.09. The van der Waals surface area contributed by atoms with Crippen molar-refractivity contribution in [3.8, 4) is 5.75 Å². The second kappa shape index (κ2) is 7.51. The Morgan fingerprint density at radius 3 is 2.52 bits per heavy atom.